The number of halogens is 5. The molecule has 0 fully saturated rings. The average molecular weight is 431 g/mol. The summed E-state index contributed by atoms with van der Waals surface area (Å²) < 4.78 is 79.1. The molecule has 0 atom stereocenters. The Morgan fingerprint density at radius 3 is 2.19 bits per heavy atom. The number of sulfonamides is 1. The molecule has 0 aromatic heterocycles. The second kappa shape index (κ2) is 5.79. The third-order valence-corrected chi connectivity index (χ3v) is 4.52. The molecule has 0 aliphatic rings. The molecule has 3 nitrogen and oxygen atoms in total. The average Bonchev–Trinajstić information content (AvgIpc) is 2.39. The van der Waals surface area contributed by atoms with Gasteiger partial charge in [-0.1, -0.05) is 0 Å². The summed E-state index contributed by atoms with van der Waals surface area (Å²) in [6.07, 6.45) is 0. The number of hydrogen-bond acceptors (Lipinski definition) is 2. The van der Waals surface area contributed by atoms with E-state index in [1.54, 1.807) is 4.72 Å². The smallest absolute Gasteiger partial charge is 0.265 e. The molecule has 0 saturated heterocycles. The molecule has 0 unspecified atom stereocenters. The summed E-state index contributed by atoms with van der Waals surface area (Å²) in [4.78, 5) is -1.11. The molecule has 0 spiro atoms. The molecule has 2 aromatic carbocycles. The van der Waals surface area contributed by atoms with Gasteiger partial charge in [0.15, 0.2) is 17.5 Å². The molecule has 1 N–H and O–H groups in total. The highest BCUT2D eigenvalue weighted by molar-refractivity contribution is 14.1. The number of nitrogens with one attached hydrogen (secondary N) is 1. The van der Waals surface area contributed by atoms with Crippen molar-refractivity contribution in [1.29, 1.82) is 0 Å². The van der Waals surface area contributed by atoms with Crippen LogP contribution in [0.4, 0.5) is 23.2 Å². The molecule has 9 heteroatoms. The van der Waals surface area contributed by atoms with Gasteiger partial charge in [-0.25, -0.2) is 26.0 Å². The van der Waals surface area contributed by atoms with Gasteiger partial charge in [0.05, 0.1) is 5.69 Å². The molecule has 0 aliphatic carbocycles. The Hall–Kier alpha value is -1.36. The molecule has 2 rings (SSSR count). The van der Waals surface area contributed by atoms with Crippen molar-refractivity contribution < 1.29 is 26.0 Å². The topological polar surface area (TPSA) is 46.2 Å². The van der Waals surface area contributed by atoms with Gasteiger partial charge >= 0.3 is 0 Å². The van der Waals surface area contributed by atoms with Gasteiger partial charge in [0.1, 0.15) is 10.7 Å². The summed E-state index contributed by atoms with van der Waals surface area (Å²) in [5, 5.41) is 0. The lowest BCUT2D eigenvalue weighted by atomic mass is 10.3. The first-order valence-corrected chi connectivity index (χ1v) is 7.90. The second-order valence-corrected chi connectivity index (χ2v) is 6.80. The third kappa shape index (κ3) is 3.28. The number of rotatable bonds is 3. The van der Waals surface area contributed by atoms with E-state index in [0.717, 1.165) is 12.1 Å². The van der Waals surface area contributed by atoms with Crippen LogP contribution in [0.3, 0.4) is 0 Å². The van der Waals surface area contributed by atoms with Gasteiger partial charge in [0.2, 0.25) is 0 Å². The summed E-state index contributed by atoms with van der Waals surface area (Å²) >= 11 is 1.82. The van der Waals surface area contributed by atoms with Gasteiger partial charge in [0, 0.05) is 3.57 Å². The monoisotopic (exact) mass is 431 g/mol. The van der Waals surface area contributed by atoms with Gasteiger partial charge in [-0.15, -0.1) is 0 Å². The summed E-state index contributed by atoms with van der Waals surface area (Å²) in [6, 6.07) is 4.63. The predicted octanol–water partition coefficient (Wildman–Crippen LogP) is 3.65. The van der Waals surface area contributed by atoms with Gasteiger partial charge in [-0.3, -0.25) is 4.72 Å². The largest absolute Gasteiger partial charge is 0.277 e. The lowest BCUT2D eigenvalue weighted by molar-refractivity contribution is 0.432. The number of anilines is 1. The minimum Gasteiger partial charge on any atom is -0.277 e. The lowest BCUT2D eigenvalue weighted by Crippen LogP contribution is -2.16. The zero-order valence-corrected chi connectivity index (χ0v) is 13.0. The standard InChI is InChI=1S/C12H6F4INO2S/c13-7-2-4-10(12(16)11(7)15)21(19,20)18-9-3-1-6(17)5-8(9)14/h1-5,18H. The van der Waals surface area contributed by atoms with Crippen molar-refractivity contribution in [1.82, 2.24) is 0 Å². The highest BCUT2D eigenvalue weighted by atomic mass is 127. The molecule has 112 valence electrons. The fourth-order valence-electron chi connectivity index (χ4n) is 1.49. The molecule has 0 amide bonds. The second-order valence-electron chi connectivity index (χ2n) is 3.90. The Morgan fingerprint density at radius 2 is 1.57 bits per heavy atom. The zero-order chi connectivity index (χ0) is 15.8. The molecule has 2 aromatic rings. The van der Waals surface area contributed by atoms with Gasteiger partial charge in [0.25, 0.3) is 10.0 Å². The van der Waals surface area contributed by atoms with Crippen LogP contribution >= 0.6 is 22.6 Å². The number of benzene rings is 2. The Bertz CT molecular complexity index is 811. The molecule has 21 heavy (non-hydrogen) atoms. The zero-order valence-electron chi connectivity index (χ0n) is 10.0. The fourth-order valence-corrected chi connectivity index (χ4v) is 3.08. The molecule has 0 heterocycles. The van der Waals surface area contributed by atoms with E-state index < -0.39 is 43.9 Å². The van der Waals surface area contributed by atoms with Crippen LogP contribution in [0, 0.1) is 26.8 Å². The first-order chi connectivity index (χ1) is 9.72. The van der Waals surface area contributed by atoms with Crippen LogP contribution in [0.25, 0.3) is 0 Å². The summed E-state index contributed by atoms with van der Waals surface area (Å²) in [5.41, 5.74) is -0.431. The van der Waals surface area contributed by atoms with Crippen molar-refractivity contribution >= 4 is 38.3 Å². The maximum absolute atomic E-state index is 13.6. The summed E-state index contributed by atoms with van der Waals surface area (Å²) in [5.74, 6) is -6.19. The van der Waals surface area contributed by atoms with E-state index >= 15 is 0 Å². The summed E-state index contributed by atoms with van der Waals surface area (Å²) in [6.45, 7) is 0. The Balaban J connectivity index is 2.46. The van der Waals surface area contributed by atoms with E-state index in [-0.39, 0.29) is 0 Å². The maximum atomic E-state index is 13.6. The van der Waals surface area contributed by atoms with Crippen molar-refractivity contribution in [3.05, 3.63) is 57.2 Å². The molecule has 0 saturated carbocycles. The molecule has 0 radical (unpaired) electrons. The first-order valence-electron chi connectivity index (χ1n) is 5.34. The lowest BCUT2D eigenvalue weighted by Gasteiger charge is -2.10. The van der Waals surface area contributed by atoms with Crippen LogP contribution < -0.4 is 4.72 Å². The molecular weight excluding hydrogens is 425 g/mol. The quantitative estimate of drug-likeness (QED) is 0.459. The highest BCUT2D eigenvalue weighted by Gasteiger charge is 2.24. The van der Waals surface area contributed by atoms with Crippen molar-refractivity contribution in [2.24, 2.45) is 0 Å². The molecule has 0 aliphatic heterocycles. The Kier molecular flexibility index (Phi) is 4.42. The van der Waals surface area contributed by atoms with Crippen LogP contribution in [0.15, 0.2) is 35.2 Å². The maximum Gasteiger partial charge on any atom is 0.265 e. The van der Waals surface area contributed by atoms with E-state index in [2.05, 4.69) is 0 Å². The third-order valence-electron chi connectivity index (χ3n) is 2.46. The minimum absolute atomic E-state index is 0.431. The van der Waals surface area contributed by atoms with Crippen molar-refractivity contribution in [3.8, 4) is 0 Å². The minimum atomic E-state index is -4.59. The van der Waals surface area contributed by atoms with Crippen LogP contribution in [0.5, 0.6) is 0 Å². The number of hydrogen-bond donors (Lipinski definition) is 1. The van der Waals surface area contributed by atoms with Crippen molar-refractivity contribution in [2.45, 2.75) is 4.90 Å². The van der Waals surface area contributed by atoms with E-state index in [4.69, 9.17) is 0 Å². The van der Waals surface area contributed by atoms with E-state index in [9.17, 15) is 26.0 Å². The van der Waals surface area contributed by atoms with E-state index in [0.29, 0.717) is 15.7 Å². The normalized spacial score (nSPS) is 11.5. The van der Waals surface area contributed by atoms with Gasteiger partial charge < -0.3 is 0 Å². The molecule has 0 bridgehead atoms. The van der Waals surface area contributed by atoms with Crippen molar-refractivity contribution in [3.63, 3.8) is 0 Å². The van der Waals surface area contributed by atoms with Crippen LogP contribution in [0.1, 0.15) is 0 Å². The Morgan fingerprint density at radius 1 is 0.905 bits per heavy atom. The predicted molar refractivity (Wildman–Crippen MR) is 76.2 cm³/mol. The van der Waals surface area contributed by atoms with Crippen LogP contribution in [-0.4, -0.2) is 8.42 Å². The highest BCUT2D eigenvalue weighted by Crippen LogP contribution is 2.24. The van der Waals surface area contributed by atoms with E-state index in [1.807, 2.05) is 22.6 Å². The van der Waals surface area contributed by atoms with Crippen molar-refractivity contribution in [2.75, 3.05) is 4.72 Å². The van der Waals surface area contributed by atoms with Crippen LogP contribution in [-0.2, 0) is 10.0 Å². The first kappa shape index (κ1) is 16.0. The SMILES string of the molecule is O=S(=O)(Nc1ccc(I)cc1F)c1ccc(F)c(F)c1F. The Labute approximate surface area is 131 Å². The van der Waals surface area contributed by atoms with Gasteiger partial charge in [-0.2, -0.15) is 0 Å². The fraction of sp³-hybridized carbons (Fsp3) is 0. The summed E-state index contributed by atoms with van der Waals surface area (Å²) in [7, 11) is -4.59. The molecular formula is C12H6F4INO2S. The van der Waals surface area contributed by atoms with Crippen LogP contribution in [0.2, 0.25) is 0 Å². The van der Waals surface area contributed by atoms with E-state index in [1.165, 1.54) is 6.07 Å². The van der Waals surface area contributed by atoms with Gasteiger partial charge in [-0.05, 0) is 52.9 Å².